The van der Waals surface area contributed by atoms with Gasteiger partial charge in [0.1, 0.15) is 0 Å². The fourth-order valence-electron chi connectivity index (χ4n) is 14.3. The summed E-state index contributed by atoms with van der Waals surface area (Å²) in [7, 11) is -3.03. The molecule has 0 aliphatic carbocycles. The topological polar surface area (TPSA) is 129 Å². The smallest absolute Gasteiger partial charge is 0.252 e. The highest BCUT2D eigenvalue weighted by molar-refractivity contribution is 7.72. The Balaban J connectivity index is 1.03. The summed E-state index contributed by atoms with van der Waals surface area (Å²) in [6.45, 7) is 11.1. The quantitative estimate of drug-likeness (QED) is 0.0625. The van der Waals surface area contributed by atoms with Crippen molar-refractivity contribution in [1.82, 2.24) is 41.3 Å². The van der Waals surface area contributed by atoms with Gasteiger partial charge in [0, 0.05) is 48.4 Å². The van der Waals surface area contributed by atoms with Crippen LogP contribution in [0.2, 0.25) is 0 Å². The zero-order chi connectivity index (χ0) is 63.2. The van der Waals surface area contributed by atoms with Gasteiger partial charge in [0.15, 0.2) is 0 Å². The maximum absolute atomic E-state index is 15.4. The summed E-state index contributed by atoms with van der Waals surface area (Å²) in [5, 5.41) is 26.2. The van der Waals surface area contributed by atoms with Crippen molar-refractivity contribution in [3.8, 4) is 0 Å². The average Bonchev–Trinajstić information content (AvgIpc) is 1.54. The van der Waals surface area contributed by atoms with Gasteiger partial charge < -0.3 is 21.3 Å². The predicted molar refractivity (Wildman–Crippen MR) is 371 cm³/mol. The second kappa shape index (κ2) is 28.2. The molecule has 14 heteroatoms. The lowest BCUT2D eigenvalue weighted by molar-refractivity contribution is -0.0533. The minimum atomic E-state index is -1.52. The highest BCUT2D eigenvalue weighted by Gasteiger charge is 2.56. The minimum Gasteiger partial charge on any atom is -0.346 e. The fraction of sp³-hybridized carbons (Fsp3) is 0.256. The van der Waals surface area contributed by atoms with Crippen LogP contribution in [0.15, 0.2) is 243 Å². The lowest BCUT2D eigenvalue weighted by atomic mass is 10.0. The fourth-order valence-corrected chi connectivity index (χ4v) is 22.0. The molecule has 0 saturated carbocycles. The number of hydrogen-bond donors (Lipinski definition) is 4. The van der Waals surface area contributed by atoms with Crippen molar-refractivity contribution in [2.75, 3.05) is 26.2 Å². The minimum absolute atomic E-state index is 0.153. The third kappa shape index (κ3) is 12.6. The van der Waals surface area contributed by atoms with Gasteiger partial charge in [0.2, 0.25) is 0 Å². The van der Waals surface area contributed by atoms with E-state index in [-0.39, 0.29) is 70.9 Å². The van der Waals surface area contributed by atoms with Gasteiger partial charge >= 0.3 is 0 Å². The van der Waals surface area contributed by atoms with Crippen molar-refractivity contribution in [2.24, 2.45) is 0 Å². The third-order valence-corrected chi connectivity index (χ3v) is 25.2. The molecule has 4 amide bonds. The number of hydrazine groups is 2. The first-order valence-corrected chi connectivity index (χ1v) is 35.5. The van der Waals surface area contributed by atoms with Gasteiger partial charge in [-0.05, 0) is 149 Å². The summed E-state index contributed by atoms with van der Waals surface area (Å²) < 4.78 is 0. The van der Waals surface area contributed by atoms with Crippen molar-refractivity contribution in [3.05, 3.63) is 309 Å². The molecule has 4 N–H and O–H groups in total. The van der Waals surface area contributed by atoms with Crippen LogP contribution in [0, 0.1) is 0 Å². The molecule has 9 aromatic rings. The summed E-state index contributed by atoms with van der Waals surface area (Å²) in [5.41, 5.74) is 10.2. The second-order valence-corrected chi connectivity index (χ2v) is 29.2. The Kier molecular flexibility index (Phi) is 19.1. The van der Waals surface area contributed by atoms with Crippen LogP contribution in [-0.4, -0.2) is 69.8 Å². The summed E-state index contributed by atoms with van der Waals surface area (Å²) >= 11 is 0. The Hall–Kier alpha value is -8.44. The standard InChI is InChI=1S/C78H80N8O4P2/c1-53(57-31-9-5-10-32-57)79-71(87)61-39-17-21-43-65(61)75-83-49-27-28-50-84(83)76(66-44-22-18-40-62(66)72(88)80-54(2)58-33-11-6-12-34-58)91(75)69-47-25-26-48-70(69)92-77(67-45-23-19-41-63(67)73(89)81-55(3)59-35-13-7-14-36-59)85-51-29-30-52-86(85)78(92)68-46-24-20-42-64(68)74(90)82-56(4)60-37-15-8-16-38-60/h5-26,31-48,53-56,75-78H,27-30,49-52H2,1-4H3,(H,79,87)(H,80,88)(H,81,89)(H,82,90). The summed E-state index contributed by atoms with van der Waals surface area (Å²) in [5.74, 6) is -1.96. The largest absolute Gasteiger partial charge is 0.346 e. The summed E-state index contributed by atoms with van der Waals surface area (Å²) in [4.78, 5) is 61.4. The molecular formula is C78H80N8O4P2. The van der Waals surface area contributed by atoms with Gasteiger partial charge in [-0.15, -0.1) is 0 Å². The molecule has 4 aliphatic rings. The first-order valence-electron chi connectivity index (χ1n) is 32.5. The van der Waals surface area contributed by atoms with Crippen molar-refractivity contribution < 1.29 is 19.2 Å². The van der Waals surface area contributed by atoms with Gasteiger partial charge in [-0.1, -0.05) is 218 Å². The average molecular weight is 1260 g/mol. The molecule has 12 nitrogen and oxygen atoms in total. The summed E-state index contributed by atoms with van der Waals surface area (Å²) in [6, 6.07) is 81.1. The van der Waals surface area contributed by atoms with Crippen molar-refractivity contribution in [2.45, 2.75) is 101 Å². The highest BCUT2D eigenvalue weighted by Crippen LogP contribution is 2.74. The molecule has 4 aliphatic heterocycles. The molecule has 8 atom stereocenters. The molecule has 4 fully saturated rings. The Morgan fingerprint density at radius 1 is 0.293 bits per heavy atom. The molecule has 0 spiro atoms. The van der Waals surface area contributed by atoms with Gasteiger partial charge in [-0.3, -0.25) is 19.2 Å². The van der Waals surface area contributed by atoms with Gasteiger partial charge in [-0.2, -0.15) is 0 Å². The number of hydrogen-bond acceptors (Lipinski definition) is 8. The maximum Gasteiger partial charge on any atom is 0.252 e. The van der Waals surface area contributed by atoms with Crippen LogP contribution in [-0.2, 0) is 0 Å². The third-order valence-electron chi connectivity index (χ3n) is 18.9. The molecule has 0 aromatic heterocycles. The van der Waals surface area contributed by atoms with Crippen LogP contribution in [0.4, 0.5) is 0 Å². The van der Waals surface area contributed by atoms with Gasteiger partial charge in [0.05, 0.1) is 47.3 Å². The lowest BCUT2D eigenvalue weighted by Gasteiger charge is -2.38. The number of nitrogens with one attached hydrogen (secondary N) is 4. The van der Waals surface area contributed by atoms with E-state index in [2.05, 4.69) is 163 Å². The van der Waals surface area contributed by atoms with Crippen molar-refractivity contribution >= 4 is 50.1 Å². The van der Waals surface area contributed by atoms with E-state index in [1.165, 1.54) is 0 Å². The molecule has 9 aromatic carbocycles. The van der Waals surface area contributed by atoms with Crippen LogP contribution < -0.4 is 31.9 Å². The van der Waals surface area contributed by atoms with Gasteiger partial charge in [0.25, 0.3) is 23.6 Å². The molecule has 4 heterocycles. The van der Waals surface area contributed by atoms with Crippen LogP contribution in [0.25, 0.3) is 0 Å². The molecule has 4 saturated heterocycles. The normalized spacial score (nSPS) is 21.4. The molecule has 0 bridgehead atoms. The molecule has 92 heavy (non-hydrogen) atoms. The van der Waals surface area contributed by atoms with Crippen molar-refractivity contribution in [3.63, 3.8) is 0 Å². The Labute approximate surface area is 543 Å². The Bertz CT molecular complexity index is 3570. The van der Waals surface area contributed by atoms with E-state index in [9.17, 15) is 0 Å². The van der Waals surface area contributed by atoms with E-state index >= 15 is 19.2 Å². The number of carbonyl (C=O) groups is 4. The predicted octanol–water partition coefficient (Wildman–Crippen LogP) is 15.3. The van der Waals surface area contributed by atoms with Gasteiger partial charge in [-0.25, -0.2) is 20.0 Å². The molecule has 13 rings (SSSR count). The monoisotopic (exact) mass is 1250 g/mol. The maximum atomic E-state index is 15.4. The van der Waals surface area contributed by atoms with Crippen molar-refractivity contribution in [1.29, 1.82) is 0 Å². The van der Waals surface area contributed by atoms with E-state index in [0.717, 1.165) is 107 Å². The molecule has 8 unspecified atom stereocenters. The molecule has 466 valence electrons. The Morgan fingerprint density at radius 3 is 0.717 bits per heavy atom. The number of benzene rings is 9. The van der Waals surface area contributed by atoms with E-state index < -0.39 is 15.8 Å². The van der Waals surface area contributed by atoms with E-state index in [1.54, 1.807) is 0 Å². The first kappa shape index (κ1) is 62.4. The molecule has 0 radical (unpaired) electrons. The molecular weight excluding hydrogens is 1170 g/mol. The lowest BCUT2D eigenvalue weighted by Crippen LogP contribution is -2.44. The van der Waals surface area contributed by atoms with E-state index in [0.29, 0.717) is 22.3 Å². The zero-order valence-corrected chi connectivity index (χ0v) is 54.5. The SMILES string of the molecule is CC(NC(=O)c1ccccc1C1N2CCCCN2C(c2ccccc2C(=O)NC(C)c2ccccc2)P1c1ccccc1P1C(c2ccccc2C(=O)NC(C)c2ccccc2)N2CCCCN2C1c1ccccc1C(=O)NC(C)c1ccccc1)c1ccccc1. The number of amides is 4. The number of carbonyl (C=O) groups excluding carboxylic acids is 4. The number of nitrogens with zero attached hydrogens (tertiary/aromatic N) is 4. The Morgan fingerprint density at radius 2 is 0.489 bits per heavy atom. The highest BCUT2D eigenvalue weighted by atomic mass is 31.1. The number of rotatable bonds is 18. The second-order valence-electron chi connectivity index (χ2n) is 24.6. The number of fused-ring (bicyclic) bond motifs is 2. The van der Waals surface area contributed by atoms with Crippen LogP contribution in [0.5, 0.6) is 0 Å². The first-order chi connectivity index (χ1) is 45.0. The summed E-state index contributed by atoms with van der Waals surface area (Å²) in [6.07, 6.45) is 3.80. The zero-order valence-electron chi connectivity index (χ0n) is 52.7. The van der Waals surface area contributed by atoms with E-state index in [1.807, 2.05) is 149 Å². The van der Waals surface area contributed by atoms with Crippen LogP contribution >= 0.6 is 15.8 Å². The van der Waals surface area contributed by atoms with Crippen LogP contribution in [0.1, 0.15) is 187 Å². The van der Waals surface area contributed by atoms with Crippen LogP contribution in [0.3, 0.4) is 0 Å². The van der Waals surface area contributed by atoms with E-state index in [4.69, 9.17) is 0 Å².